The second kappa shape index (κ2) is 17.2. The molecule has 0 amide bonds. The van der Waals surface area contributed by atoms with Crippen LogP contribution in [0, 0.1) is 0 Å². The summed E-state index contributed by atoms with van der Waals surface area (Å²) in [7, 11) is 1.70. The van der Waals surface area contributed by atoms with Crippen LogP contribution in [0.5, 0.6) is 28.7 Å². The van der Waals surface area contributed by atoms with Crippen molar-refractivity contribution in [1.82, 2.24) is 0 Å². The molecule has 0 saturated heterocycles. The van der Waals surface area contributed by atoms with E-state index in [1.54, 1.807) is 7.11 Å². The van der Waals surface area contributed by atoms with Crippen LogP contribution in [-0.4, -0.2) is 7.11 Å². The second-order valence-corrected chi connectivity index (χ2v) is 12.8. The zero-order chi connectivity index (χ0) is 33.8. The van der Waals surface area contributed by atoms with Crippen molar-refractivity contribution in [2.45, 2.75) is 36.7 Å². The highest BCUT2D eigenvalue weighted by Gasteiger charge is 2.15. The largest absolute Gasteiger partial charge is 0.497 e. The molecule has 6 rings (SSSR count). The number of hydrogen-bond donors (Lipinski definition) is 0. The summed E-state index contributed by atoms with van der Waals surface area (Å²) in [6, 6.07) is 47.5. The standard InChI is InChI=1S/C43H38Br2O4/c1-46-38-19-21-41(36(26-38)28-45)40-22-20-39(47-29-33-8-4-2-5-9-33)25-35(40)16-12-31-15-23-42(48-30-34-10-6-3-7-11-34)43(24-31)49-37-17-13-32(27-44)14-18-37/h2-11,13-15,17-26H,12,16,27-30H2,1H3. The Hall–Kier alpha value is -4.52. The summed E-state index contributed by atoms with van der Waals surface area (Å²) in [6.07, 6.45) is 1.60. The minimum atomic E-state index is 0.454. The quantitative estimate of drug-likeness (QED) is 0.0973. The molecule has 0 aliphatic heterocycles. The molecule has 0 bridgehead atoms. The Morgan fingerprint density at radius 3 is 1.69 bits per heavy atom. The van der Waals surface area contributed by atoms with Gasteiger partial charge in [-0.1, -0.05) is 123 Å². The molecule has 0 aliphatic carbocycles. The monoisotopic (exact) mass is 776 g/mol. The van der Waals surface area contributed by atoms with Crippen LogP contribution in [0.25, 0.3) is 11.1 Å². The molecule has 0 heterocycles. The lowest BCUT2D eigenvalue weighted by Gasteiger charge is -2.17. The zero-order valence-electron chi connectivity index (χ0n) is 27.4. The van der Waals surface area contributed by atoms with Gasteiger partial charge in [-0.25, -0.2) is 0 Å². The molecule has 6 aromatic carbocycles. The molecule has 0 atom stereocenters. The van der Waals surface area contributed by atoms with Crippen LogP contribution in [0.15, 0.2) is 140 Å². The van der Waals surface area contributed by atoms with Gasteiger partial charge in [-0.3, -0.25) is 0 Å². The zero-order valence-corrected chi connectivity index (χ0v) is 30.6. The number of benzene rings is 6. The van der Waals surface area contributed by atoms with Gasteiger partial charge in [0.2, 0.25) is 0 Å². The third-order valence-electron chi connectivity index (χ3n) is 8.31. The highest BCUT2D eigenvalue weighted by molar-refractivity contribution is 9.08. The van der Waals surface area contributed by atoms with E-state index in [0.29, 0.717) is 30.0 Å². The lowest BCUT2D eigenvalue weighted by atomic mass is 9.92. The van der Waals surface area contributed by atoms with Crippen molar-refractivity contribution in [2.75, 3.05) is 7.11 Å². The lowest BCUT2D eigenvalue weighted by molar-refractivity contribution is 0.291. The average molecular weight is 779 g/mol. The van der Waals surface area contributed by atoms with Crippen LogP contribution in [0.3, 0.4) is 0 Å². The first-order chi connectivity index (χ1) is 24.1. The predicted octanol–water partition coefficient (Wildman–Crippen LogP) is 11.9. The van der Waals surface area contributed by atoms with Gasteiger partial charge in [0.15, 0.2) is 11.5 Å². The minimum absolute atomic E-state index is 0.454. The van der Waals surface area contributed by atoms with E-state index >= 15 is 0 Å². The first-order valence-electron chi connectivity index (χ1n) is 16.3. The van der Waals surface area contributed by atoms with Crippen molar-refractivity contribution in [1.29, 1.82) is 0 Å². The normalized spacial score (nSPS) is 10.8. The topological polar surface area (TPSA) is 36.9 Å². The summed E-state index contributed by atoms with van der Waals surface area (Å²) >= 11 is 7.23. The van der Waals surface area contributed by atoms with Gasteiger partial charge in [0.25, 0.3) is 0 Å². The number of rotatable bonds is 15. The van der Waals surface area contributed by atoms with Crippen molar-refractivity contribution in [3.8, 4) is 39.9 Å². The molecule has 4 nitrogen and oxygen atoms in total. The van der Waals surface area contributed by atoms with Crippen molar-refractivity contribution in [3.05, 3.63) is 173 Å². The molecule has 6 aromatic rings. The summed E-state index contributed by atoms with van der Waals surface area (Å²) in [5, 5.41) is 1.51. The molecule has 49 heavy (non-hydrogen) atoms. The Kier molecular flexibility index (Phi) is 12.1. The molecule has 0 spiro atoms. The van der Waals surface area contributed by atoms with Crippen molar-refractivity contribution in [3.63, 3.8) is 0 Å². The van der Waals surface area contributed by atoms with Gasteiger partial charge in [0.1, 0.15) is 30.5 Å². The van der Waals surface area contributed by atoms with E-state index in [1.807, 2.05) is 60.7 Å². The van der Waals surface area contributed by atoms with E-state index in [4.69, 9.17) is 18.9 Å². The van der Waals surface area contributed by atoms with E-state index in [-0.39, 0.29) is 0 Å². The number of methoxy groups -OCH3 is 1. The van der Waals surface area contributed by atoms with Crippen molar-refractivity contribution in [2.24, 2.45) is 0 Å². The fourth-order valence-corrected chi connectivity index (χ4v) is 6.47. The molecule has 6 heteroatoms. The van der Waals surface area contributed by atoms with Gasteiger partial charge >= 0.3 is 0 Å². The van der Waals surface area contributed by atoms with Gasteiger partial charge < -0.3 is 18.9 Å². The minimum Gasteiger partial charge on any atom is -0.497 e. The molecule has 0 fully saturated rings. The lowest BCUT2D eigenvalue weighted by Crippen LogP contribution is -2.01. The van der Waals surface area contributed by atoms with Crippen LogP contribution in [-0.2, 0) is 36.7 Å². The third kappa shape index (κ3) is 9.34. The summed E-state index contributed by atoms with van der Waals surface area (Å²) in [4.78, 5) is 0. The molecule has 0 aromatic heterocycles. The summed E-state index contributed by atoms with van der Waals surface area (Å²) in [5.41, 5.74) is 9.29. The summed E-state index contributed by atoms with van der Waals surface area (Å²) in [5.74, 6) is 3.84. The molecule has 0 saturated carbocycles. The Bertz CT molecular complexity index is 1940. The number of hydrogen-bond acceptors (Lipinski definition) is 4. The maximum atomic E-state index is 6.45. The van der Waals surface area contributed by atoms with E-state index in [9.17, 15) is 0 Å². The van der Waals surface area contributed by atoms with Crippen LogP contribution in [0.1, 0.15) is 33.4 Å². The maximum Gasteiger partial charge on any atom is 0.169 e. The smallest absolute Gasteiger partial charge is 0.169 e. The fraction of sp³-hybridized carbons (Fsp3) is 0.163. The van der Waals surface area contributed by atoms with E-state index in [2.05, 4.69) is 111 Å². The van der Waals surface area contributed by atoms with Gasteiger partial charge in [-0.2, -0.15) is 0 Å². The Labute approximate surface area is 305 Å². The first kappa shape index (κ1) is 34.3. The Balaban J connectivity index is 1.29. The molecule has 0 N–H and O–H groups in total. The fourth-order valence-electron chi connectivity index (χ4n) is 5.64. The highest BCUT2D eigenvalue weighted by Crippen LogP contribution is 2.36. The number of aryl methyl sites for hydroxylation is 2. The molecule has 0 radical (unpaired) electrons. The van der Waals surface area contributed by atoms with E-state index in [0.717, 1.165) is 52.1 Å². The molecule has 0 aliphatic rings. The van der Waals surface area contributed by atoms with E-state index in [1.165, 1.54) is 27.8 Å². The van der Waals surface area contributed by atoms with Crippen molar-refractivity contribution >= 4 is 31.9 Å². The summed E-state index contributed by atoms with van der Waals surface area (Å²) < 4.78 is 24.6. The number of ether oxygens (including phenoxy) is 4. The SMILES string of the molecule is COc1ccc(-c2ccc(OCc3ccccc3)cc2CCc2ccc(OCc3ccccc3)c(Oc3ccc(CBr)cc3)c2)c(CBr)c1. The van der Waals surface area contributed by atoms with Gasteiger partial charge in [0, 0.05) is 10.7 Å². The maximum absolute atomic E-state index is 6.45. The third-order valence-corrected chi connectivity index (χ3v) is 9.56. The van der Waals surface area contributed by atoms with Crippen LogP contribution < -0.4 is 18.9 Å². The van der Waals surface area contributed by atoms with Crippen LogP contribution >= 0.6 is 31.9 Å². The Morgan fingerprint density at radius 2 is 1.04 bits per heavy atom. The first-order valence-corrected chi connectivity index (χ1v) is 18.5. The molecule has 0 unspecified atom stereocenters. The number of halogens is 2. The van der Waals surface area contributed by atoms with Gasteiger partial charge in [-0.05, 0) is 106 Å². The molecular weight excluding hydrogens is 740 g/mol. The second-order valence-electron chi connectivity index (χ2n) is 11.7. The van der Waals surface area contributed by atoms with Crippen LogP contribution in [0.4, 0.5) is 0 Å². The highest BCUT2D eigenvalue weighted by atomic mass is 79.9. The van der Waals surface area contributed by atoms with E-state index < -0.39 is 0 Å². The number of alkyl halides is 2. The predicted molar refractivity (Wildman–Crippen MR) is 206 cm³/mol. The van der Waals surface area contributed by atoms with Gasteiger partial charge in [0.05, 0.1) is 7.11 Å². The molecular formula is C43H38Br2O4. The van der Waals surface area contributed by atoms with Gasteiger partial charge in [-0.15, -0.1) is 0 Å². The van der Waals surface area contributed by atoms with Crippen LogP contribution in [0.2, 0.25) is 0 Å². The Morgan fingerprint density at radius 1 is 0.449 bits per heavy atom. The summed E-state index contributed by atoms with van der Waals surface area (Å²) in [6.45, 7) is 0.965. The van der Waals surface area contributed by atoms with Crippen molar-refractivity contribution < 1.29 is 18.9 Å². The molecule has 248 valence electrons. The average Bonchev–Trinajstić information content (AvgIpc) is 3.16.